The number of amides is 1. The topological polar surface area (TPSA) is 87.0 Å². The molecule has 2 aromatic rings. The molecule has 2 heterocycles. The maximum atomic E-state index is 16.4. The number of carbonyl (C=O) groups excluding carboxylic acids is 1. The maximum Gasteiger partial charge on any atom is 0.408 e. The summed E-state index contributed by atoms with van der Waals surface area (Å²) in [6, 6.07) is 9.70. The molecule has 0 spiro atoms. The molecule has 3 rings (SSSR count). The molecule has 7 nitrogen and oxygen atoms in total. The molecule has 1 aromatic carbocycles. The molecule has 0 saturated heterocycles. The number of pyridine rings is 1. The Kier molecular flexibility index (Phi) is 9.43. The number of benzene rings is 1. The van der Waals surface area contributed by atoms with E-state index in [4.69, 9.17) is 0 Å². The van der Waals surface area contributed by atoms with Crippen molar-refractivity contribution in [2.24, 2.45) is 9.36 Å². The second kappa shape index (κ2) is 11.7. The number of nitrogens with zero attached hydrogens (tertiary/aromatic N) is 4. The van der Waals surface area contributed by atoms with Crippen molar-refractivity contribution < 1.29 is 26.6 Å². The lowest BCUT2D eigenvalue weighted by Crippen LogP contribution is -2.54. The molecule has 39 heavy (non-hydrogen) atoms. The second-order valence-electron chi connectivity index (χ2n) is 9.20. The lowest BCUT2D eigenvalue weighted by Gasteiger charge is -2.41. The Bertz CT molecular complexity index is 1370. The van der Waals surface area contributed by atoms with Gasteiger partial charge in [-0.05, 0) is 58.3 Å². The van der Waals surface area contributed by atoms with Gasteiger partial charge in [0.1, 0.15) is 32.3 Å². The maximum absolute atomic E-state index is 16.4. The highest BCUT2D eigenvalue weighted by molar-refractivity contribution is 9.10. The largest absolute Gasteiger partial charge is 0.408 e. The van der Waals surface area contributed by atoms with E-state index in [1.165, 1.54) is 26.1 Å². The van der Waals surface area contributed by atoms with Crippen LogP contribution in [0.25, 0.3) is 0 Å². The summed E-state index contributed by atoms with van der Waals surface area (Å²) in [5.74, 6) is 0.0157. The minimum atomic E-state index is -4.72. The van der Waals surface area contributed by atoms with Crippen LogP contribution >= 0.6 is 26.0 Å². The van der Waals surface area contributed by atoms with Crippen molar-refractivity contribution in [3.8, 4) is 0 Å². The molecule has 0 aliphatic carbocycles. The molecule has 14 heteroatoms. The van der Waals surface area contributed by atoms with Gasteiger partial charge in [0.15, 0.2) is 5.82 Å². The standard InChI is InChI=1S/C25H32BrF4N5O2S2/c1-6-38(7-2,8-3)18-14-19(26)32-21(20(18)27)24(4)16-39(37,31-15-25(28,29)30)35(5)23(34-24)33-22(36)17-12-10-9-11-13-17/h9-14H,6-8,15-16H2,1-5H3,(H,33,34,36)/t24-,39?/m0/s1. The molecular weight excluding hydrogens is 622 g/mol. The number of rotatable bonds is 7. The highest BCUT2D eigenvalue weighted by atomic mass is 79.9. The Labute approximate surface area is 236 Å². The average Bonchev–Trinajstić information content (AvgIpc) is 2.89. The zero-order valence-electron chi connectivity index (χ0n) is 22.3. The van der Waals surface area contributed by atoms with E-state index in [1.807, 2.05) is 20.8 Å². The van der Waals surface area contributed by atoms with Crippen molar-refractivity contribution in [2.75, 3.05) is 36.6 Å². The van der Waals surface area contributed by atoms with Crippen molar-refractivity contribution in [2.45, 2.75) is 44.3 Å². The fourth-order valence-electron chi connectivity index (χ4n) is 4.46. The van der Waals surface area contributed by atoms with Gasteiger partial charge in [0.05, 0.1) is 5.75 Å². The SMILES string of the molecule is CCS(CC)(CC)c1cc(Br)nc([C@]2(C)CS(=O)(=NCC(F)(F)F)N(C)C(NC(=O)c3ccccc3)=N2)c1F. The van der Waals surface area contributed by atoms with Gasteiger partial charge in [-0.2, -0.15) is 13.2 Å². The number of alkyl halides is 3. The molecule has 1 aliphatic rings. The number of aliphatic imine (C=N–C) groups is 1. The van der Waals surface area contributed by atoms with Gasteiger partial charge in [-0.1, -0.05) is 39.0 Å². The summed E-state index contributed by atoms with van der Waals surface area (Å²) >= 11 is 3.36. The van der Waals surface area contributed by atoms with Gasteiger partial charge in [0.2, 0.25) is 5.96 Å². The Morgan fingerprint density at radius 3 is 2.33 bits per heavy atom. The highest BCUT2D eigenvalue weighted by Gasteiger charge is 2.45. The number of aromatic nitrogens is 1. The lowest BCUT2D eigenvalue weighted by molar-refractivity contribution is -0.117. The van der Waals surface area contributed by atoms with Crippen molar-refractivity contribution in [1.29, 1.82) is 0 Å². The predicted molar refractivity (Wildman–Crippen MR) is 152 cm³/mol. The summed E-state index contributed by atoms with van der Waals surface area (Å²) in [5, 5.41) is 2.53. The molecule has 1 N–H and O–H groups in total. The van der Waals surface area contributed by atoms with Gasteiger partial charge in [-0.15, -0.1) is 0 Å². The first kappa shape index (κ1) is 31.3. The van der Waals surface area contributed by atoms with E-state index in [0.717, 1.165) is 4.31 Å². The highest BCUT2D eigenvalue weighted by Crippen LogP contribution is 2.57. The van der Waals surface area contributed by atoms with Crippen molar-refractivity contribution >= 4 is 47.7 Å². The summed E-state index contributed by atoms with van der Waals surface area (Å²) in [4.78, 5) is 22.3. The molecule has 1 aliphatic heterocycles. The molecule has 0 fully saturated rings. The number of halogens is 5. The summed E-state index contributed by atoms with van der Waals surface area (Å²) < 4.78 is 74.7. The third-order valence-corrected chi connectivity index (χ3v) is 14.2. The Morgan fingerprint density at radius 2 is 1.79 bits per heavy atom. The molecule has 0 radical (unpaired) electrons. The van der Waals surface area contributed by atoms with E-state index < -0.39 is 55.7 Å². The second-order valence-corrected chi connectivity index (χ2v) is 16.6. The molecule has 1 unspecified atom stereocenters. The predicted octanol–water partition coefficient (Wildman–Crippen LogP) is 6.10. The van der Waals surface area contributed by atoms with Gasteiger partial charge in [0.25, 0.3) is 5.91 Å². The zero-order chi connectivity index (χ0) is 29.2. The van der Waals surface area contributed by atoms with Gasteiger partial charge >= 0.3 is 6.18 Å². The summed E-state index contributed by atoms with van der Waals surface area (Å²) in [6.07, 6.45) is -4.72. The minimum Gasteiger partial charge on any atom is -0.292 e. The Balaban J connectivity index is 2.26. The molecule has 1 amide bonds. The fourth-order valence-corrected chi connectivity index (χ4v) is 10.1. The van der Waals surface area contributed by atoms with Crippen LogP contribution < -0.4 is 5.32 Å². The van der Waals surface area contributed by atoms with E-state index in [9.17, 15) is 22.2 Å². The number of nitrogens with one attached hydrogen (secondary N) is 1. The molecule has 2 atom stereocenters. The van der Waals surface area contributed by atoms with Gasteiger partial charge in [-0.25, -0.2) is 33.0 Å². The van der Waals surface area contributed by atoms with Crippen LogP contribution in [0.2, 0.25) is 0 Å². The van der Waals surface area contributed by atoms with Gasteiger partial charge in [0, 0.05) is 17.5 Å². The van der Waals surface area contributed by atoms with Crippen LogP contribution in [0.3, 0.4) is 0 Å². The third-order valence-electron chi connectivity index (χ3n) is 6.78. The van der Waals surface area contributed by atoms with Crippen molar-refractivity contribution in [3.05, 3.63) is 58.1 Å². The van der Waals surface area contributed by atoms with Crippen molar-refractivity contribution in [1.82, 2.24) is 14.6 Å². The average molecular weight is 655 g/mol. The van der Waals surface area contributed by atoms with Gasteiger partial charge < -0.3 is 0 Å². The summed E-state index contributed by atoms with van der Waals surface area (Å²) in [7, 11) is -4.20. The van der Waals surface area contributed by atoms with Crippen LogP contribution in [-0.2, 0) is 15.5 Å². The van der Waals surface area contributed by atoms with Crippen LogP contribution in [0.15, 0.2) is 55.3 Å². The normalized spacial score (nSPS) is 22.3. The minimum absolute atomic E-state index is 0.173. The Hall–Kier alpha value is -2.19. The number of guanidine groups is 1. The van der Waals surface area contributed by atoms with E-state index in [-0.39, 0.29) is 17.2 Å². The zero-order valence-corrected chi connectivity index (χ0v) is 25.5. The first-order valence-corrected chi connectivity index (χ1v) is 16.8. The fraction of sp³-hybridized carbons (Fsp3) is 0.480. The first-order chi connectivity index (χ1) is 18.1. The first-order valence-electron chi connectivity index (χ1n) is 12.2. The molecular formula is C25H32BrF4N5O2S2. The lowest BCUT2D eigenvalue weighted by atomic mass is 10.00. The van der Waals surface area contributed by atoms with Crippen LogP contribution in [0.5, 0.6) is 0 Å². The third kappa shape index (κ3) is 6.59. The van der Waals surface area contributed by atoms with E-state index in [0.29, 0.717) is 26.8 Å². The van der Waals surface area contributed by atoms with E-state index in [1.54, 1.807) is 24.3 Å². The quantitative estimate of drug-likeness (QED) is 0.289. The monoisotopic (exact) mass is 653 g/mol. The van der Waals surface area contributed by atoms with E-state index in [2.05, 4.69) is 35.6 Å². The smallest absolute Gasteiger partial charge is 0.292 e. The van der Waals surface area contributed by atoms with E-state index >= 15 is 4.39 Å². The summed E-state index contributed by atoms with van der Waals surface area (Å²) in [6.45, 7) is 5.74. The van der Waals surface area contributed by atoms with Crippen LogP contribution in [0.4, 0.5) is 17.6 Å². The van der Waals surface area contributed by atoms with Crippen LogP contribution in [0.1, 0.15) is 43.7 Å². The molecule has 0 bridgehead atoms. The number of hydrogen-bond donors (Lipinski definition) is 1. The molecule has 1 aromatic heterocycles. The Morgan fingerprint density at radius 1 is 1.21 bits per heavy atom. The van der Waals surface area contributed by atoms with Crippen molar-refractivity contribution in [3.63, 3.8) is 0 Å². The molecule has 216 valence electrons. The van der Waals surface area contributed by atoms with Gasteiger partial charge in [-0.3, -0.25) is 14.4 Å². The molecule has 0 saturated carbocycles. The van der Waals surface area contributed by atoms with Crippen LogP contribution in [0, 0.1) is 5.82 Å². The van der Waals surface area contributed by atoms with Crippen LogP contribution in [-0.4, -0.2) is 68.1 Å². The number of hydrogen-bond acceptors (Lipinski definition) is 5. The summed E-state index contributed by atoms with van der Waals surface area (Å²) in [5.41, 5.74) is -1.63. The number of carbonyl (C=O) groups is 1.